The second-order valence-electron chi connectivity index (χ2n) is 16.8. The van der Waals surface area contributed by atoms with Crippen LogP contribution in [0.15, 0.2) is 146 Å². The van der Waals surface area contributed by atoms with Crippen LogP contribution in [0.2, 0.25) is 10.0 Å². The zero-order valence-corrected chi connectivity index (χ0v) is 42.8. The third-order valence-corrected chi connectivity index (χ3v) is 11.6. The molecule has 77 heavy (non-hydrogen) atoms. The number of hydrogen-bond acceptors (Lipinski definition) is 14. The summed E-state index contributed by atoms with van der Waals surface area (Å²) in [6.45, 7) is 1.11. The molecule has 6 aromatic carbocycles. The highest BCUT2D eigenvalue weighted by atomic mass is 35.5. The Bertz CT molecular complexity index is 3010. The second kappa shape index (κ2) is 30.8. The smallest absolute Gasteiger partial charge is 0.394 e. The van der Waals surface area contributed by atoms with Gasteiger partial charge in [-0.3, -0.25) is 24.0 Å². The van der Waals surface area contributed by atoms with Crippen molar-refractivity contribution >= 4 is 70.4 Å². The van der Waals surface area contributed by atoms with Gasteiger partial charge >= 0.3 is 35.6 Å². The zero-order chi connectivity index (χ0) is 56.6. The highest BCUT2D eigenvalue weighted by Gasteiger charge is 2.27. The molecule has 21 heteroatoms. The molecule has 0 heterocycles. The van der Waals surface area contributed by atoms with Gasteiger partial charge in [-0.1, -0.05) is 120 Å². The summed E-state index contributed by atoms with van der Waals surface area (Å²) < 4.78 is 4.75. The molecular formula is C56H56Cl2N4O15. The van der Waals surface area contributed by atoms with Gasteiger partial charge in [-0.05, 0) is 102 Å². The highest BCUT2D eigenvalue weighted by Crippen LogP contribution is 2.25. The number of halogens is 2. The summed E-state index contributed by atoms with van der Waals surface area (Å²) in [6, 6.07) is 39.8. The Hall–Kier alpha value is -8.46. The molecule has 11 N–H and O–H groups in total. The molecule has 0 saturated heterocycles. The van der Waals surface area contributed by atoms with Crippen LogP contribution in [0.25, 0.3) is 22.3 Å². The number of para-hydroxylation sites is 2. The Kier molecular flexibility index (Phi) is 24.4. The molecule has 4 atom stereocenters. The molecule has 0 aliphatic carbocycles. The lowest BCUT2D eigenvalue weighted by Crippen LogP contribution is -2.48. The molecule has 6 aromatic rings. The average molecular weight is 1100 g/mol. The fraction of sp³-hybridized carbons (Fsp3) is 0.214. The fourth-order valence-corrected chi connectivity index (χ4v) is 7.68. The first-order valence-electron chi connectivity index (χ1n) is 23.6. The molecule has 0 aromatic heterocycles. The molecule has 0 saturated carbocycles. The van der Waals surface area contributed by atoms with E-state index < -0.39 is 72.2 Å². The van der Waals surface area contributed by atoms with Gasteiger partial charge in [-0.15, -0.1) is 0 Å². The van der Waals surface area contributed by atoms with Crippen molar-refractivity contribution in [3.05, 3.63) is 178 Å². The number of carboxylic acids is 2. The number of aliphatic hydroxyl groups excluding tert-OH is 2. The number of ketones is 2. The zero-order valence-electron chi connectivity index (χ0n) is 41.3. The second-order valence-corrected chi connectivity index (χ2v) is 17.7. The molecule has 0 spiro atoms. The maximum Gasteiger partial charge on any atom is 0.394 e. The number of rotatable bonds is 20. The van der Waals surface area contributed by atoms with Crippen LogP contribution in [0.5, 0.6) is 11.5 Å². The molecule has 0 radical (unpaired) electrons. The van der Waals surface area contributed by atoms with E-state index in [0.29, 0.717) is 10.0 Å². The molecule has 404 valence electrons. The first-order chi connectivity index (χ1) is 36.7. The molecule has 0 unspecified atom stereocenters. The van der Waals surface area contributed by atoms with E-state index in [4.69, 9.17) is 49.0 Å². The Morgan fingerprint density at radius 2 is 0.987 bits per heavy atom. The number of esters is 1. The number of ether oxygens (including phenoxy) is 1. The number of Topliss-reactive ketones (excluding diaryl/α,β-unsaturated/α-hetero) is 2. The molecule has 0 fully saturated rings. The van der Waals surface area contributed by atoms with Crippen LogP contribution in [-0.4, -0.2) is 122 Å². The quantitative estimate of drug-likeness (QED) is 0.0255. The largest absolute Gasteiger partial charge is 0.507 e. The van der Waals surface area contributed by atoms with Crippen molar-refractivity contribution in [1.29, 1.82) is 0 Å². The number of nitrogens with one attached hydrogen (secondary N) is 3. The summed E-state index contributed by atoms with van der Waals surface area (Å²) >= 11 is 12.1. The van der Waals surface area contributed by atoms with Crippen LogP contribution in [0, 0.1) is 0 Å². The van der Waals surface area contributed by atoms with Crippen molar-refractivity contribution in [3.63, 3.8) is 0 Å². The molecule has 19 nitrogen and oxygen atoms in total. The molecule has 3 amide bonds. The van der Waals surface area contributed by atoms with Gasteiger partial charge < -0.3 is 57.1 Å². The Morgan fingerprint density at radius 1 is 0.545 bits per heavy atom. The van der Waals surface area contributed by atoms with Crippen LogP contribution in [0.1, 0.15) is 51.6 Å². The molecular weight excluding hydrogens is 1040 g/mol. The minimum Gasteiger partial charge on any atom is -0.507 e. The summed E-state index contributed by atoms with van der Waals surface area (Å²) in [7, 11) is 0. The number of carbonyl (C=O) groups excluding carboxylic acids is 6. The summed E-state index contributed by atoms with van der Waals surface area (Å²) in [5.74, 6) is -8.46. The Labute approximate surface area is 452 Å². The van der Waals surface area contributed by atoms with Crippen molar-refractivity contribution in [1.82, 2.24) is 16.0 Å². The normalized spacial score (nSPS) is 12.0. The number of carbonyl (C=O) groups is 8. The van der Waals surface area contributed by atoms with Gasteiger partial charge in [-0.25, -0.2) is 14.4 Å². The molecule has 0 aliphatic heterocycles. The van der Waals surface area contributed by atoms with Gasteiger partial charge in [0, 0.05) is 35.0 Å². The molecule has 6 rings (SSSR count). The predicted molar refractivity (Wildman–Crippen MR) is 285 cm³/mol. The Morgan fingerprint density at radius 3 is 1.40 bits per heavy atom. The standard InChI is InChI=1S/C27H25ClN2O7.C21H22ClNO6.C8H9NO2/c28-19-5-3-4-18(13-19)17-10-8-16(9-11-17)12-20(14-23(32)27(36)37)30-26(35)25(34)29-15-24(33)21-6-1-2-7-22(21)31;1-2-29-21(28)18(24)12-17(23-19(25)20(26)27)10-13-6-8-14(9-7-13)15-4-3-5-16(22)11-15;9-5-8(11)6-3-1-2-4-7(6)10/h1-11,13,20,23,31-32H,12,14-15H2,(H,29,34)(H,30,35)(H,36,37);3-9,11,17-18,24H,2,10,12H2,1H3,(H,23,25)(H,26,27);1-4,10H,5,9H2/t20-,23-;17-,18-;/m11./s1. The summed E-state index contributed by atoms with van der Waals surface area (Å²) in [4.78, 5) is 93.2. The van der Waals surface area contributed by atoms with Gasteiger partial charge in [0.1, 0.15) is 11.5 Å². The lowest BCUT2D eigenvalue weighted by atomic mass is 9.98. The first-order valence-corrected chi connectivity index (χ1v) is 24.3. The number of aliphatic hydroxyl groups is 2. The predicted octanol–water partition coefficient (Wildman–Crippen LogP) is 5.54. The number of phenolic OH excluding ortho intramolecular Hbond substituents is 2. The van der Waals surface area contributed by atoms with Crippen LogP contribution >= 0.6 is 23.2 Å². The van der Waals surface area contributed by atoms with E-state index in [-0.39, 0.29) is 67.2 Å². The van der Waals surface area contributed by atoms with E-state index in [1.165, 1.54) is 24.3 Å². The lowest BCUT2D eigenvalue weighted by Gasteiger charge is -2.20. The summed E-state index contributed by atoms with van der Waals surface area (Å²) in [5, 5.41) is 64.8. The first kappa shape index (κ1) is 61.1. The Balaban J connectivity index is 0.000000283. The van der Waals surface area contributed by atoms with Crippen molar-refractivity contribution in [2.24, 2.45) is 5.73 Å². The van der Waals surface area contributed by atoms with E-state index >= 15 is 0 Å². The van der Waals surface area contributed by atoms with Gasteiger partial charge in [0.25, 0.3) is 0 Å². The average Bonchev–Trinajstić information content (AvgIpc) is 3.41. The molecule has 0 aliphatic rings. The van der Waals surface area contributed by atoms with Crippen LogP contribution in [0.3, 0.4) is 0 Å². The van der Waals surface area contributed by atoms with E-state index in [0.717, 1.165) is 33.4 Å². The fourth-order valence-electron chi connectivity index (χ4n) is 7.30. The van der Waals surface area contributed by atoms with Crippen LogP contribution in [0.4, 0.5) is 0 Å². The van der Waals surface area contributed by atoms with Crippen LogP contribution < -0.4 is 21.7 Å². The number of hydrogen-bond donors (Lipinski definition) is 10. The van der Waals surface area contributed by atoms with Gasteiger partial charge in [-0.2, -0.15) is 0 Å². The summed E-state index contributed by atoms with van der Waals surface area (Å²) in [6.07, 6.45) is -3.39. The number of phenols is 2. The summed E-state index contributed by atoms with van der Waals surface area (Å²) in [5.41, 5.74) is 10.6. The minimum absolute atomic E-state index is 0.00751. The van der Waals surface area contributed by atoms with Crippen molar-refractivity contribution < 1.29 is 73.7 Å². The van der Waals surface area contributed by atoms with Gasteiger partial charge in [0.15, 0.2) is 23.8 Å². The number of amides is 3. The molecule has 0 bridgehead atoms. The van der Waals surface area contributed by atoms with E-state index in [1.54, 1.807) is 55.5 Å². The lowest BCUT2D eigenvalue weighted by molar-refractivity contribution is -0.154. The van der Waals surface area contributed by atoms with Gasteiger partial charge in [0.2, 0.25) is 0 Å². The van der Waals surface area contributed by atoms with E-state index in [9.17, 15) is 53.7 Å². The SMILES string of the molecule is CCOC(=O)[C@H](O)C[C@@H](Cc1ccc(-c2cccc(Cl)c2)cc1)NC(=O)C(=O)O.NCC(=O)c1ccccc1O.O=C(NCC(=O)c1ccccc1O)C(=O)N[C@H](Cc1ccc(-c2cccc(Cl)c2)cc1)C[C@@H](O)C(=O)O. The number of benzene rings is 6. The highest BCUT2D eigenvalue weighted by molar-refractivity contribution is 6.35. The maximum atomic E-state index is 12.5. The van der Waals surface area contributed by atoms with Crippen molar-refractivity contribution in [3.8, 4) is 33.8 Å². The maximum absolute atomic E-state index is 12.5. The number of nitrogens with two attached hydrogens (primary N) is 1. The number of carboxylic acid groups (broad SMARTS) is 2. The topological polar surface area (TPSA) is 329 Å². The van der Waals surface area contributed by atoms with Crippen LogP contribution in [-0.2, 0) is 46.3 Å². The monoisotopic (exact) mass is 1090 g/mol. The minimum atomic E-state index is -1.76. The number of aromatic hydroxyl groups is 2. The van der Waals surface area contributed by atoms with Crippen molar-refractivity contribution in [2.75, 3.05) is 19.7 Å². The van der Waals surface area contributed by atoms with Crippen molar-refractivity contribution in [2.45, 2.75) is 56.9 Å². The van der Waals surface area contributed by atoms with Gasteiger partial charge in [0.05, 0.1) is 30.8 Å². The van der Waals surface area contributed by atoms with E-state index in [1.807, 2.05) is 72.8 Å². The number of aliphatic carboxylic acids is 2. The third kappa shape index (κ3) is 20.3. The van der Waals surface area contributed by atoms with E-state index in [2.05, 4.69) is 16.0 Å². The third-order valence-electron chi connectivity index (χ3n) is 11.1.